The molecule has 5 nitrogen and oxygen atoms in total. The molecule has 2 N–H and O–H groups in total. The van der Waals surface area contributed by atoms with Crippen LogP contribution in [0.4, 0.5) is 0 Å². The van der Waals surface area contributed by atoms with E-state index < -0.39 is 0 Å². The molecule has 1 aromatic rings. The van der Waals surface area contributed by atoms with E-state index in [1.807, 2.05) is 0 Å². The second-order valence-electron chi connectivity index (χ2n) is 4.98. The molecule has 0 aliphatic heterocycles. The maximum Gasteiger partial charge on any atom is 0.257 e. The van der Waals surface area contributed by atoms with Crippen LogP contribution in [0.1, 0.15) is 19.3 Å². The molecule has 0 unspecified atom stereocenters. The van der Waals surface area contributed by atoms with E-state index >= 15 is 0 Å². The molecule has 20 heavy (non-hydrogen) atoms. The standard InChI is InChI=1S/C15H21NO4/c17-13-4-1-2-5-14(13)20-11-15(18)16-8-3-9-19-10-12-6-7-12/h1-2,4-5,12,17H,3,6-11H2,(H,16,18). The third kappa shape index (κ3) is 5.48. The summed E-state index contributed by atoms with van der Waals surface area (Å²) in [5, 5.41) is 12.2. The summed E-state index contributed by atoms with van der Waals surface area (Å²) in [4.78, 5) is 11.5. The predicted octanol–water partition coefficient (Wildman–Crippen LogP) is 1.70. The first kappa shape index (κ1) is 14.7. The van der Waals surface area contributed by atoms with Gasteiger partial charge in [0, 0.05) is 19.8 Å². The first-order chi connectivity index (χ1) is 9.75. The maximum absolute atomic E-state index is 11.5. The van der Waals surface area contributed by atoms with Crippen molar-refractivity contribution >= 4 is 5.91 Å². The van der Waals surface area contributed by atoms with Crippen LogP contribution in [-0.4, -0.2) is 37.4 Å². The highest BCUT2D eigenvalue weighted by Crippen LogP contribution is 2.28. The molecule has 1 saturated carbocycles. The molecule has 1 aliphatic carbocycles. The Morgan fingerprint density at radius 3 is 2.90 bits per heavy atom. The number of amides is 1. The van der Waals surface area contributed by atoms with E-state index in [4.69, 9.17) is 9.47 Å². The molecule has 5 heteroatoms. The summed E-state index contributed by atoms with van der Waals surface area (Å²) < 4.78 is 10.7. The number of carbonyl (C=O) groups is 1. The normalized spacial score (nSPS) is 14.0. The number of phenols is 1. The van der Waals surface area contributed by atoms with Gasteiger partial charge in [0.05, 0.1) is 0 Å². The molecule has 0 atom stereocenters. The molecule has 0 radical (unpaired) electrons. The fourth-order valence-corrected chi connectivity index (χ4v) is 1.71. The van der Waals surface area contributed by atoms with Gasteiger partial charge < -0.3 is 19.9 Å². The fraction of sp³-hybridized carbons (Fsp3) is 0.533. The number of rotatable bonds is 9. The van der Waals surface area contributed by atoms with Gasteiger partial charge in [-0.25, -0.2) is 0 Å². The molecule has 0 spiro atoms. The number of hydrogen-bond donors (Lipinski definition) is 2. The zero-order valence-corrected chi connectivity index (χ0v) is 11.5. The third-order valence-corrected chi connectivity index (χ3v) is 3.06. The number of carbonyl (C=O) groups excluding carboxylic acids is 1. The number of aromatic hydroxyl groups is 1. The van der Waals surface area contributed by atoms with E-state index in [0.29, 0.717) is 18.9 Å². The molecule has 1 amide bonds. The van der Waals surface area contributed by atoms with Crippen LogP contribution < -0.4 is 10.1 Å². The number of benzene rings is 1. The lowest BCUT2D eigenvalue weighted by molar-refractivity contribution is -0.123. The Bertz CT molecular complexity index is 432. The van der Waals surface area contributed by atoms with Gasteiger partial charge in [-0.1, -0.05) is 12.1 Å². The number of nitrogens with one attached hydrogen (secondary N) is 1. The van der Waals surface area contributed by atoms with Gasteiger partial charge in [0.1, 0.15) is 0 Å². The lowest BCUT2D eigenvalue weighted by atomic mass is 10.3. The Balaban J connectivity index is 1.50. The Morgan fingerprint density at radius 1 is 1.35 bits per heavy atom. The van der Waals surface area contributed by atoms with Crippen molar-refractivity contribution < 1.29 is 19.4 Å². The summed E-state index contributed by atoms with van der Waals surface area (Å²) in [5.41, 5.74) is 0. The van der Waals surface area contributed by atoms with Crippen LogP contribution in [0.5, 0.6) is 11.5 Å². The SMILES string of the molecule is O=C(COc1ccccc1O)NCCCOCC1CC1. The molecule has 110 valence electrons. The summed E-state index contributed by atoms with van der Waals surface area (Å²) in [6, 6.07) is 6.58. The lowest BCUT2D eigenvalue weighted by Gasteiger charge is -2.08. The van der Waals surface area contributed by atoms with Crippen LogP contribution in [0.3, 0.4) is 0 Å². The summed E-state index contributed by atoms with van der Waals surface area (Å²) >= 11 is 0. The van der Waals surface area contributed by atoms with Crippen molar-refractivity contribution in [3.8, 4) is 11.5 Å². The van der Waals surface area contributed by atoms with Crippen molar-refractivity contribution in [3.63, 3.8) is 0 Å². The van der Waals surface area contributed by atoms with Crippen LogP contribution in [0.15, 0.2) is 24.3 Å². The Labute approximate surface area is 118 Å². The molecule has 1 fully saturated rings. The minimum absolute atomic E-state index is 0.0359. The average Bonchev–Trinajstić information content (AvgIpc) is 3.26. The zero-order valence-electron chi connectivity index (χ0n) is 11.5. The van der Waals surface area contributed by atoms with Crippen LogP contribution >= 0.6 is 0 Å². The largest absolute Gasteiger partial charge is 0.504 e. The molecular weight excluding hydrogens is 258 g/mol. The van der Waals surface area contributed by atoms with Gasteiger partial charge in [0.25, 0.3) is 5.91 Å². The number of phenolic OH excluding ortho intramolecular Hbond substituents is 1. The highest BCUT2D eigenvalue weighted by Gasteiger charge is 2.20. The van der Waals surface area contributed by atoms with Crippen LogP contribution in [0.25, 0.3) is 0 Å². The van der Waals surface area contributed by atoms with Gasteiger partial charge in [-0.15, -0.1) is 0 Å². The first-order valence-electron chi connectivity index (χ1n) is 7.01. The number of para-hydroxylation sites is 2. The van der Waals surface area contributed by atoms with E-state index in [0.717, 1.165) is 18.9 Å². The topological polar surface area (TPSA) is 67.8 Å². The van der Waals surface area contributed by atoms with E-state index in [1.165, 1.54) is 18.9 Å². The third-order valence-electron chi connectivity index (χ3n) is 3.06. The summed E-state index contributed by atoms with van der Waals surface area (Å²) in [5.74, 6) is 0.927. The molecular formula is C15H21NO4. The molecule has 0 aromatic heterocycles. The molecule has 0 bridgehead atoms. The lowest BCUT2D eigenvalue weighted by Crippen LogP contribution is -2.30. The minimum Gasteiger partial charge on any atom is -0.504 e. The monoisotopic (exact) mass is 279 g/mol. The van der Waals surface area contributed by atoms with Crippen molar-refractivity contribution in [2.45, 2.75) is 19.3 Å². The minimum atomic E-state index is -0.199. The second-order valence-corrected chi connectivity index (χ2v) is 4.98. The Hall–Kier alpha value is -1.75. The van der Waals surface area contributed by atoms with Gasteiger partial charge in [0.2, 0.25) is 0 Å². The quantitative estimate of drug-likeness (QED) is 0.675. The van der Waals surface area contributed by atoms with Crippen molar-refractivity contribution in [1.82, 2.24) is 5.32 Å². The number of hydrogen-bond acceptors (Lipinski definition) is 4. The van der Waals surface area contributed by atoms with E-state index in [2.05, 4.69) is 5.32 Å². The molecule has 2 rings (SSSR count). The van der Waals surface area contributed by atoms with Crippen molar-refractivity contribution in [2.75, 3.05) is 26.4 Å². The number of ether oxygens (including phenoxy) is 2. The van der Waals surface area contributed by atoms with Gasteiger partial charge in [-0.3, -0.25) is 4.79 Å². The molecule has 1 aliphatic rings. The Morgan fingerprint density at radius 2 is 2.15 bits per heavy atom. The predicted molar refractivity (Wildman–Crippen MR) is 74.8 cm³/mol. The van der Waals surface area contributed by atoms with Crippen LogP contribution in [0, 0.1) is 5.92 Å². The zero-order chi connectivity index (χ0) is 14.2. The molecule has 0 heterocycles. The van der Waals surface area contributed by atoms with Gasteiger partial charge >= 0.3 is 0 Å². The van der Waals surface area contributed by atoms with Crippen molar-refractivity contribution in [3.05, 3.63) is 24.3 Å². The van der Waals surface area contributed by atoms with E-state index in [-0.39, 0.29) is 18.3 Å². The smallest absolute Gasteiger partial charge is 0.257 e. The van der Waals surface area contributed by atoms with Crippen molar-refractivity contribution in [2.24, 2.45) is 5.92 Å². The highest BCUT2D eigenvalue weighted by atomic mass is 16.5. The van der Waals surface area contributed by atoms with Crippen molar-refractivity contribution in [1.29, 1.82) is 0 Å². The molecule has 1 aromatic carbocycles. The maximum atomic E-state index is 11.5. The van der Waals surface area contributed by atoms with Crippen LogP contribution in [-0.2, 0) is 9.53 Å². The van der Waals surface area contributed by atoms with E-state index in [1.54, 1.807) is 18.2 Å². The second kappa shape index (κ2) is 7.75. The van der Waals surface area contributed by atoms with Crippen LogP contribution in [0.2, 0.25) is 0 Å². The first-order valence-corrected chi connectivity index (χ1v) is 7.01. The Kier molecular flexibility index (Phi) is 5.68. The van der Waals surface area contributed by atoms with Gasteiger partial charge in [-0.2, -0.15) is 0 Å². The fourth-order valence-electron chi connectivity index (χ4n) is 1.71. The summed E-state index contributed by atoms with van der Waals surface area (Å²) in [6.45, 7) is 2.01. The van der Waals surface area contributed by atoms with E-state index in [9.17, 15) is 9.90 Å². The van der Waals surface area contributed by atoms with Gasteiger partial charge in [-0.05, 0) is 37.3 Å². The summed E-state index contributed by atoms with van der Waals surface area (Å²) in [6.07, 6.45) is 3.38. The molecule has 0 saturated heterocycles. The average molecular weight is 279 g/mol. The summed E-state index contributed by atoms with van der Waals surface area (Å²) in [7, 11) is 0. The highest BCUT2D eigenvalue weighted by molar-refractivity contribution is 5.77. The van der Waals surface area contributed by atoms with Gasteiger partial charge in [0.15, 0.2) is 18.1 Å².